The first-order chi connectivity index (χ1) is 15.0. The van der Waals surface area contributed by atoms with E-state index >= 15 is 0 Å². The first kappa shape index (κ1) is 23.4. The number of para-hydroxylation sites is 1. The van der Waals surface area contributed by atoms with Crippen LogP contribution in [0.15, 0.2) is 30.4 Å². The summed E-state index contributed by atoms with van der Waals surface area (Å²) in [6, 6.07) is 6.34. The minimum atomic E-state index is -0.481. The molecule has 1 aromatic rings. The fraction of sp³-hybridized carbons (Fsp3) is 0.577. The Hall–Kier alpha value is -2.29. The molecule has 5 nitrogen and oxygen atoms in total. The molecule has 0 saturated heterocycles. The predicted molar refractivity (Wildman–Crippen MR) is 120 cm³/mol. The molecule has 0 bridgehead atoms. The molecule has 0 radical (unpaired) electrons. The fourth-order valence-corrected chi connectivity index (χ4v) is 4.58. The number of hydrogen-bond acceptors (Lipinski definition) is 5. The number of carbonyl (C=O) groups excluding carboxylic acids is 1. The van der Waals surface area contributed by atoms with Gasteiger partial charge in [0.05, 0.1) is 6.10 Å². The van der Waals surface area contributed by atoms with Crippen LogP contribution in [-0.2, 0) is 20.7 Å². The largest absolute Gasteiger partial charge is 0.489 e. The molecule has 1 aliphatic heterocycles. The zero-order valence-corrected chi connectivity index (χ0v) is 18.8. The van der Waals surface area contributed by atoms with Gasteiger partial charge in [0.15, 0.2) is 6.79 Å². The van der Waals surface area contributed by atoms with Crippen LogP contribution in [-0.4, -0.2) is 37.2 Å². The van der Waals surface area contributed by atoms with Gasteiger partial charge in [0, 0.05) is 31.4 Å². The highest BCUT2D eigenvalue weighted by atomic mass is 16.7. The van der Waals surface area contributed by atoms with Crippen LogP contribution in [0.3, 0.4) is 0 Å². The standard InChI is InChI=1S/C26H34O5/c1-4-5-8-18(2)22(27)15-13-19-14-16-23-25(19)21-11-6-9-20(26(21)31-23)10-7-12-24(28)30-17-29-3/h6,9,11,13,15,18-19,22-23,25,27H,7-8,10,12,14,16-17H2,1-3H3/b15-13+. The van der Waals surface area contributed by atoms with Crippen molar-refractivity contribution in [2.45, 2.75) is 70.5 Å². The Morgan fingerprint density at radius 2 is 2.23 bits per heavy atom. The Bertz CT molecular complexity index is 834. The van der Waals surface area contributed by atoms with Gasteiger partial charge in [-0.15, -0.1) is 11.8 Å². The molecule has 1 aromatic carbocycles. The highest BCUT2D eigenvalue weighted by Gasteiger charge is 2.44. The van der Waals surface area contributed by atoms with Gasteiger partial charge in [-0.1, -0.05) is 37.3 Å². The van der Waals surface area contributed by atoms with Crippen molar-refractivity contribution in [2.24, 2.45) is 11.8 Å². The fourth-order valence-electron chi connectivity index (χ4n) is 4.58. The molecule has 0 aromatic heterocycles. The Balaban J connectivity index is 1.62. The van der Waals surface area contributed by atoms with Gasteiger partial charge < -0.3 is 19.3 Å². The number of esters is 1. The first-order valence-electron chi connectivity index (χ1n) is 11.2. The van der Waals surface area contributed by atoms with E-state index in [0.29, 0.717) is 31.1 Å². The topological polar surface area (TPSA) is 65.0 Å². The maximum Gasteiger partial charge on any atom is 0.307 e. The summed E-state index contributed by atoms with van der Waals surface area (Å²) in [4.78, 5) is 11.7. The molecular weight excluding hydrogens is 392 g/mol. The van der Waals surface area contributed by atoms with Crippen molar-refractivity contribution in [1.82, 2.24) is 0 Å². The van der Waals surface area contributed by atoms with Crippen molar-refractivity contribution < 1.29 is 24.1 Å². The van der Waals surface area contributed by atoms with Crippen molar-refractivity contribution in [3.05, 3.63) is 41.5 Å². The highest BCUT2D eigenvalue weighted by molar-refractivity contribution is 5.69. The first-order valence-corrected chi connectivity index (χ1v) is 11.2. The summed E-state index contributed by atoms with van der Waals surface area (Å²) in [5.74, 6) is 7.51. The molecule has 2 aliphatic rings. The number of carbonyl (C=O) groups is 1. The summed E-state index contributed by atoms with van der Waals surface area (Å²) in [6.07, 6.45) is 8.48. The van der Waals surface area contributed by atoms with Crippen LogP contribution in [0.2, 0.25) is 0 Å². The Labute approximate surface area is 185 Å². The SMILES string of the molecule is CC#CCC(C)C(O)/C=C/C1CCC2Oc3c(CCCC(=O)OCOC)cccc3C12. The summed E-state index contributed by atoms with van der Waals surface area (Å²) >= 11 is 0. The number of aliphatic hydroxyl groups is 1. The van der Waals surface area contributed by atoms with Crippen LogP contribution in [0.5, 0.6) is 5.75 Å². The van der Waals surface area contributed by atoms with Crippen molar-refractivity contribution >= 4 is 5.97 Å². The summed E-state index contributed by atoms with van der Waals surface area (Å²) in [5.41, 5.74) is 2.41. The number of methoxy groups -OCH3 is 1. The minimum absolute atomic E-state index is 0.000422. The molecule has 168 valence electrons. The number of rotatable bonds is 10. The smallest absolute Gasteiger partial charge is 0.307 e. The lowest BCUT2D eigenvalue weighted by Gasteiger charge is -2.17. The van der Waals surface area contributed by atoms with E-state index in [9.17, 15) is 9.90 Å². The van der Waals surface area contributed by atoms with Crippen molar-refractivity contribution in [3.8, 4) is 17.6 Å². The van der Waals surface area contributed by atoms with Crippen molar-refractivity contribution in [3.63, 3.8) is 0 Å². The van der Waals surface area contributed by atoms with Crippen LogP contribution < -0.4 is 4.74 Å². The van der Waals surface area contributed by atoms with Crippen molar-refractivity contribution in [1.29, 1.82) is 0 Å². The van der Waals surface area contributed by atoms with Gasteiger partial charge in [0.2, 0.25) is 0 Å². The molecule has 1 N–H and O–H groups in total. The molecule has 5 atom stereocenters. The molecule has 0 amide bonds. The van der Waals surface area contributed by atoms with Gasteiger partial charge in [-0.25, -0.2) is 0 Å². The second-order valence-corrected chi connectivity index (χ2v) is 8.52. The number of allylic oxidation sites excluding steroid dienone is 1. The number of fused-ring (bicyclic) bond motifs is 3. The lowest BCUT2D eigenvalue weighted by Crippen LogP contribution is -2.17. The molecular formula is C26H34O5. The predicted octanol–water partition coefficient (Wildman–Crippen LogP) is 4.38. The van der Waals surface area contributed by atoms with E-state index in [-0.39, 0.29) is 24.8 Å². The summed E-state index contributed by atoms with van der Waals surface area (Å²) < 4.78 is 16.1. The average Bonchev–Trinajstić information content (AvgIpc) is 3.34. The van der Waals surface area contributed by atoms with E-state index in [0.717, 1.165) is 30.6 Å². The maximum absolute atomic E-state index is 11.7. The second kappa shape index (κ2) is 11.4. The lowest BCUT2D eigenvalue weighted by molar-refractivity contribution is -0.154. The van der Waals surface area contributed by atoms with Crippen LogP contribution in [0.25, 0.3) is 0 Å². The summed E-state index contributed by atoms with van der Waals surface area (Å²) in [7, 11) is 1.50. The zero-order chi connectivity index (χ0) is 22.2. The van der Waals surface area contributed by atoms with Gasteiger partial charge >= 0.3 is 5.97 Å². The molecule has 5 heteroatoms. The second-order valence-electron chi connectivity index (χ2n) is 8.52. The van der Waals surface area contributed by atoms with Gasteiger partial charge in [0.25, 0.3) is 0 Å². The maximum atomic E-state index is 11.7. The minimum Gasteiger partial charge on any atom is -0.489 e. The highest BCUT2D eigenvalue weighted by Crippen LogP contribution is 2.51. The van der Waals surface area contributed by atoms with Gasteiger partial charge in [0.1, 0.15) is 11.9 Å². The quantitative estimate of drug-likeness (QED) is 0.260. The van der Waals surface area contributed by atoms with Crippen LogP contribution in [0.4, 0.5) is 0 Å². The van der Waals surface area contributed by atoms with E-state index in [1.54, 1.807) is 0 Å². The molecule has 1 heterocycles. The van der Waals surface area contributed by atoms with Crippen molar-refractivity contribution in [2.75, 3.05) is 13.9 Å². The normalized spacial score (nSPS) is 23.4. The van der Waals surface area contributed by atoms with Crippen LogP contribution in [0.1, 0.15) is 63.0 Å². The molecule has 1 saturated carbocycles. The third-order valence-corrected chi connectivity index (χ3v) is 6.31. The zero-order valence-electron chi connectivity index (χ0n) is 18.8. The van der Waals surface area contributed by atoms with E-state index in [4.69, 9.17) is 14.2 Å². The van der Waals surface area contributed by atoms with Gasteiger partial charge in [-0.05, 0) is 50.0 Å². The number of aryl methyl sites for hydroxylation is 1. The number of benzene rings is 1. The average molecular weight is 427 g/mol. The van der Waals surface area contributed by atoms with Gasteiger partial charge in [-0.3, -0.25) is 4.79 Å². The molecule has 5 unspecified atom stereocenters. The summed E-state index contributed by atoms with van der Waals surface area (Å²) in [6.45, 7) is 3.86. The van der Waals surface area contributed by atoms with Gasteiger partial charge in [-0.2, -0.15) is 0 Å². The molecule has 1 fully saturated rings. The summed E-state index contributed by atoms with van der Waals surface area (Å²) in [5, 5.41) is 10.4. The molecule has 0 spiro atoms. The molecule has 1 aliphatic carbocycles. The Kier molecular flexibility index (Phi) is 8.57. The molecule has 3 rings (SSSR count). The number of aliphatic hydroxyl groups excluding tert-OH is 1. The monoisotopic (exact) mass is 426 g/mol. The lowest BCUT2D eigenvalue weighted by atomic mass is 9.86. The molecule has 31 heavy (non-hydrogen) atoms. The van der Waals surface area contributed by atoms with E-state index in [1.807, 2.05) is 19.9 Å². The third kappa shape index (κ3) is 5.90. The Morgan fingerprint density at radius 1 is 1.39 bits per heavy atom. The third-order valence-electron chi connectivity index (χ3n) is 6.31. The van der Waals surface area contributed by atoms with Crippen LogP contribution >= 0.6 is 0 Å². The van der Waals surface area contributed by atoms with E-state index in [1.165, 1.54) is 12.7 Å². The number of ether oxygens (including phenoxy) is 3. The van der Waals surface area contributed by atoms with E-state index < -0.39 is 6.10 Å². The Morgan fingerprint density at radius 3 is 3.00 bits per heavy atom. The van der Waals surface area contributed by atoms with E-state index in [2.05, 4.69) is 36.1 Å². The number of hydrogen-bond donors (Lipinski definition) is 1. The van der Waals surface area contributed by atoms with Crippen LogP contribution in [0, 0.1) is 23.7 Å².